The maximum Gasteiger partial charge on any atom is 0.219 e. The fourth-order valence-electron chi connectivity index (χ4n) is 4.10. The molecular weight excluding hydrogens is 331 g/mol. The van der Waals surface area contributed by atoms with Gasteiger partial charge >= 0.3 is 0 Å². The van der Waals surface area contributed by atoms with Crippen LogP contribution in [0.15, 0.2) is 18.2 Å². The third-order valence-electron chi connectivity index (χ3n) is 5.32. The van der Waals surface area contributed by atoms with E-state index >= 15 is 0 Å². The lowest BCUT2D eigenvalue weighted by Gasteiger charge is -2.49. The van der Waals surface area contributed by atoms with E-state index in [-0.39, 0.29) is 17.1 Å². The van der Waals surface area contributed by atoms with Crippen LogP contribution in [-0.4, -0.2) is 53.1 Å². The highest BCUT2D eigenvalue weighted by Gasteiger charge is 2.42. The smallest absolute Gasteiger partial charge is 0.219 e. The molecule has 1 N–H and O–H groups in total. The highest BCUT2D eigenvalue weighted by Crippen LogP contribution is 2.40. The molecule has 0 radical (unpaired) electrons. The standard InChI is InChI=1S/C18H24ClFN2O2/c1-13(23)22-11-17(24)9-18(12-22)2-4-21(5-3-18)10-14-6-15(19)8-16(20)7-14/h6-8,17,24H,2-5,9-12H2,1H3. The first kappa shape index (κ1) is 17.6. The molecule has 0 aromatic heterocycles. The Morgan fingerprint density at radius 2 is 2.08 bits per heavy atom. The number of rotatable bonds is 2. The van der Waals surface area contributed by atoms with E-state index in [9.17, 15) is 14.3 Å². The number of hydrogen-bond donors (Lipinski definition) is 1. The number of nitrogens with zero attached hydrogens (tertiary/aromatic N) is 2. The Bertz CT molecular complexity index is 597. The minimum Gasteiger partial charge on any atom is -0.391 e. The summed E-state index contributed by atoms with van der Waals surface area (Å²) in [6.07, 6.45) is 2.21. The normalized spacial score (nSPS) is 24.3. The van der Waals surface area contributed by atoms with Crippen LogP contribution in [0.3, 0.4) is 0 Å². The topological polar surface area (TPSA) is 43.8 Å². The molecule has 0 saturated carbocycles. The first-order valence-electron chi connectivity index (χ1n) is 8.46. The summed E-state index contributed by atoms with van der Waals surface area (Å²) < 4.78 is 13.5. The van der Waals surface area contributed by atoms with Crippen LogP contribution < -0.4 is 0 Å². The number of aliphatic hydroxyl groups is 1. The molecule has 1 amide bonds. The van der Waals surface area contributed by atoms with Crippen molar-refractivity contribution >= 4 is 17.5 Å². The molecule has 2 heterocycles. The largest absolute Gasteiger partial charge is 0.391 e. The predicted octanol–water partition coefficient (Wildman–Crippen LogP) is 2.67. The molecule has 1 aromatic carbocycles. The Labute approximate surface area is 147 Å². The Kier molecular flexibility index (Phi) is 5.13. The SMILES string of the molecule is CC(=O)N1CC(O)CC2(CCN(Cc3cc(F)cc(Cl)c3)CC2)C1. The molecule has 6 heteroatoms. The molecule has 24 heavy (non-hydrogen) atoms. The molecule has 2 aliphatic rings. The Balaban J connectivity index is 1.61. The predicted molar refractivity (Wildman–Crippen MR) is 91.2 cm³/mol. The van der Waals surface area contributed by atoms with Crippen molar-refractivity contribution in [2.75, 3.05) is 26.2 Å². The molecular formula is C18H24ClFN2O2. The molecule has 2 saturated heterocycles. The van der Waals surface area contributed by atoms with E-state index in [0.29, 0.717) is 18.1 Å². The van der Waals surface area contributed by atoms with Gasteiger partial charge in [-0.3, -0.25) is 9.69 Å². The lowest BCUT2D eigenvalue weighted by atomic mass is 9.71. The van der Waals surface area contributed by atoms with Crippen molar-refractivity contribution in [1.82, 2.24) is 9.80 Å². The molecule has 1 atom stereocenters. The van der Waals surface area contributed by atoms with E-state index in [4.69, 9.17) is 11.6 Å². The highest BCUT2D eigenvalue weighted by atomic mass is 35.5. The molecule has 4 nitrogen and oxygen atoms in total. The number of β-amino-alcohol motifs (C(OH)–C–C–N with tert-alkyl or cyclic N) is 1. The van der Waals surface area contributed by atoms with Crippen molar-refractivity contribution in [3.63, 3.8) is 0 Å². The summed E-state index contributed by atoms with van der Waals surface area (Å²) >= 11 is 5.92. The van der Waals surface area contributed by atoms with Gasteiger partial charge < -0.3 is 10.0 Å². The van der Waals surface area contributed by atoms with Crippen molar-refractivity contribution in [3.8, 4) is 0 Å². The number of carbonyl (C=O) groups excluding carboxylic acids is 1. The first-order valence-corrected chi connectivity index (χ1v) is 8.84. The molecule has 0 bridgehead atoms. The quantitative estimate of drug-likeness (QED) is 0.888. The fourth-order valence-corrected chi connectivity index (χ4v) is 4.35. The minimum absolute atomic E-state index is 0.0133. The van der Waals surface area contributed by atoms with Gasteiger partial charge in [0.15, 0.2) is 0 Å². The molecule has 132 valence electrons. The zero-order chi connectivity index (χ0) is 17.3. The number of amides is 1. The average molecular weight is 355 g/mol. The van der Waals surface area contributed by atoms with E-state index in [1.807, 2.05) is 0 Å². The number of carbonyl (C=O) groups is 1. The molecule has 1 aromatic rings. The zero-order valence-corrected chi connectivity index (χ0v) is 14.7. The van der Waals surface area contributed by atoms with Crippen LogP contribution in [-0.2, 0) is 11.3 Å². The summed E-state index contributed by atoms with van der Waals surface area (Å²) in [6.45, 7) is 5.18. The Hall–Kier alpha value is -1.17. The van der Waals surface area contributed by atoms with Crippen LogP contribution in [0.4, 0.5) is 4.39 Å². The van der Waals surface area contributed by atoms with E-state index in [1.54, 1.807) is 17.9 Å². The van der Waals surface area contributed by atoms with Crippen LogP contribution in [0.2, 0.25) is 5.02 Å². The molecule has 3 rings (SSSR count). The van der Waals surface area contributed by atoms with Gasteiger partial charge in [-0.2, -0.15) is 0 Å². The number of aliphatic hydroxyl groups excluding tert-OH is 1. The molecule has 0 aliphatic carbocycles. The summed E-state index contributed by atoms with van der Waals surface area (Å²) in [7, 11) is 0. The number of hydrogen-bond acceptors (Lipinski definition) is 3. The van der Waals surface area contributed by atoms with E-state index in [2.05, 4.69) is 4.90 Å². The van der Waals surface area contributed by atoms with Gasteiger partial charge in [0.1, 0.15) is 5.82 Å². The fraction of sp³-hybridized carbons (Fsp3) is 0.611. The highest BCUT2D eigenvalue weighted by molar-refractivity contribution is 6.30. The average Bonchev–Trinajstić information content (AvgIpc) is 2.48. The number of benzene rings is 1. The first-order chi connectivity index (χ1) is 11.3. The summed E-state index contributed by atoms with van der Waals surface area (Å²) in [6, 6.07) is 4.64. The van der Waals surface area contributed by atoms with E-state index < -0.39 is 6.10 Å². The van der Waals surface area contributed by atoms with Gasteiger partial charge in [-0.25, -0.2) is 4.39 Å². The second-order valence-electron chi connectivity index (χ2n) is 7.31. The van der Waals surface area contributed by atoms with Crippen LogP contribution in [0.25, 0.3) is 0 Å². The van der Waals surface area contributed by atoms with Crippen LogP contribution in [0, 0.1) is 11.2 Å². The summed E-state index contributed by atoms with van der Waals surface area (Å²) in [5.74, 6) is -0.275. The van der Waals surface area contributed by atoms with Crippen molar-refractivity contribution < 1.29 is 14.3 Å². The minimum atomic E-state index is -0.434. The third-order valence-corrected chi connectivity index (χ3v) is 5.53. The van der Waals surface area contributed by atoms with Crippen molar-refractivity contribution in [1.29, 1.82) is 0 Å². The lowest BCUT2D eigenvalue weighted by molar-refractivity contribution is -0.138. The zero-order valence-electron chi connectivity index (χ0n) is 14.0. The summed E-state index contributed by atoms with van der Waals surface area (Å²) in [5.41, 5.74) is 0.893. The van der Waals surface area contributed by atoms with Gasteiger partial charge in [-0.05, 0) is 61.5 Å². The van der Waals surface area contributed by atoms with Gasteiger partial charge in [0.2, 0.25) is 5.91 Å². The Morgan fingerprint density at radius 1 is 1.38 bits per heavy atom. The van der Waals surface area contributed by atoms with Gasteiger partial charge in [-0.1, -0.05) is 11.6 Å². The van der Waals surface area contributed by atoms with Crippen LogP contribution >= 0.6 is 11.6 Å². The van der Waals surface area contributed by atoms with E-state index in [1.165, 1.54) is 12.1 Å². The summed E-state index contributed by atoms with van der Waals surface area (Å²) in [4.78, 5) is 15.8. The van der Waals surface area contributed by atoms with Crippen LogP contribution in [0.5, 0.6) is 0 Å². The van der Waals surface area contributed by atoms with Crippen molar-refractivity contribution in [2.45, 2.75) is 38.8 Å². The second kappa shape index (κ2) is 6.98. The van der Waals surface area contributed by atoms with Gasteiger partial charge in [0.05, 0.1) is 6.10 Å². The maximum atomic E-state index is 13.5. The number of likely N-dealkylation sites (tertiary alicyclic amines) is 2. The van der Waals surface area contributed by atoms with Gasteiger partial charge in [-0.15, -0.1) is 0 Å². The van der Waals surface area contributed by atoms with Crippen LogP contribution in [0.1, 0.15) is 31.7 Å². The Morgan fingerprint density at radius 3 is 2.71 bits per heavy atom. The lowest BCUT2D eigenvalue weighted by Crippen LogP contribution is -2.54. The number of halogens is 2. The maximum absolute atomic E-state index is 13.5. The summed E-state index contributed by atoms with van der Waals surface area (Å²) in [5, 5.41) is 10.6. The monoisotopic (exact) mass is 354 g/mol. The third kappa shape index (κ3) is 4.08. The number of piperidine rings is 2. The van der Waals surface area contributed by atoms with E-state index in [0.717, 1.165) is 44.5 Å². The van der Waals surface area contributed by atoms with Gasteiger partial charge in [0.25, 0.3) is 0 Å². The molecule has 2 aliphatic heterocycles. The molecule has 1 spiro atoms. The second-order valence-corrected chi connectivity index (χ2v) is 7.75. The van der Waals surface area contributed by atoms with Crippen molar-refractivity contribution in [3.05, 3.63) is 34.6 Å². The molecule has 1 unspecified atom stereocenters. The van der Waals surface area contributed by atoms with Gasteiger partial charge in [0, 0.05) is 31.6 Å². The van der Waals surface area contributed by atoms with Crippen molar-refractivity contribution in [2.24, 2.45) is 5.41 Å². The molecule has 2 fully saturated rings.